The van der Waals surface area contributed by atoms with Crippen molar-refractivity contribution in [2.45, 2.75) is 39.2 Å². The summed E-state index contributed by atoms with van der Waals surface area (Å²) in [7, 11) is 0. The summed E-state index contributed by atoms with van der Waals surface area (Å²) in [5.74, 6) is -2.01. The van der Waals surface area contributed by atoms with Crippen molar-refractivity contribution in [1.29, 1.82) is 0 Å². The highest BCUT2D eigenvalue weighted by Crippen LogP contribution is 2.32. The fourth-order valence-corrected chi connectivity index (χ4v) is 2.28. The molecular formula is C12H21NO4. The lowest BCUT2D eigenvalue weighted by atomic mass is 9.94. The van der Waals surface area contributed by atoms with Gasteiger partial charge in [-0.1, -0.05) is 20.3 Å². The van der Waals surface area contributed by atoms with Crippen LogP contribution in [0.5, 0.6) is 0 Å². The summed E-state index contributed by atoms with van der Waals surface area (Å²) in [5.41, 5.74) is 0. The Morgan fingerprint density at radius 3 is 2.35 bits per heavy atom. The molecule has 1 aliphatic carbocycles. The molecule has 0 aliphatic heterocycles. The van der Waals surface area contributed by atoms with E-state index in [4.69, 9.17) is 10.2 Å². The monoisotopic (exact) mass is 243 g/mol. The van der Waals surface area contributed by atoms with Crippen molar-refractivity contribution >= 4 is 11.9 Å². The lowest BCUT2D eigenvalue weighted by Gasteiger charge is -2.23. The first kappa shape index (κ1) is 14.0. The first-order valence-corrected chi connectivity index (χ1v) is 6.11. The average Bonchev–Trinajstić information content (AvgIpc) is 2.73. The van der Waals surface area contributed by atoms with Gasteiger partial charge in [0.05, 0.1) is 24.5 Å². The lowest BCUT2D eigenvalue weighted by Crippen LogP contribution is -2.45. The minimum atomic E-state index is -0.896. The van der Waals surface area contributed by atoms with Crippen LogP contribution < -0.4 is 5.32 Å². The number of aliphatic hydroxyl groups is 1. The Morgan fingerprint density at radius 2 is 1.88 bits per heavy atom. The highest BCUT2D eigenvalue weighted by atomic mass is 16.4. The van der Waals surface area contributed by atoms with Crippen LogP contribution >= 0.6 is 0 Å². The number of amides is 1. The van der Waals surface area contributed by atoms with Crippen LogP contribution in [0.3, 0.4) is 0 Å². The Balaban J connectivity index is 2.60. The summed E-state index contributed by atoms with van der Waals surface area (Å²) in [6.45, 7) is 3.70. The van der Waals surface area contributed by atoms with Gasteiger partial charge in [-0.25, -0.2) is 0 Å². The maximum atomic E-state index is 11.9. The number of carboxylic acid groups (broad SMARTS) is 1. The number of aliphatic hydroxyl groups excluding tert-OH is 1. The zero-order valence-corrected chi connectivity index (χ0v) is 10.3. The smallest absolute Gasteiger partial charge is 0.307 e. The molecule has 0 saturated heterocycles. The van der Waals surface area contributed by atoms with Crippen molar-refractivity contribution in [1.82, 2.24) is 5.32 Å². The Hall–Kier alpha value is -1.10. The number of hydrogen-bond donors (Lipinski definition) is 3. The third-order valence-electron chi connectivity index (χ3n) is 3.50. The topological polar surface area (TPSA) is 86.6 Å². The maximum Gasteiger partial charge on any atom is 0.307 e. The molecule has 98 valence electrons. The molecule has 0 aromatic rings. The van der Waals surface area contributed by atoms with Gasteiger partial charge in [-0.05, 0) is 18.8 Å². The molecule has 1 amide bonds. The van der Waals surface area contributed by atoms with Gasteiger partial charge in [0.2, 0.25) is 5.91 Å². The third kappa shape index (κ3) is 3.43. The normalized spacial score (nSPS) is 25.9. The summed E-state index contributed by atoms with van der Waals surface area (Å²) in [6.07, 6.45) is 1.97. The minimum Gasteiger partial charge on any atom is -0.481 e. The van der Waals surface area contributed by atoms with E-state index in [1.54, 1.807) is 0 Å². The summed E-state index contributed by atoms with van der Waals surface area (Å²) in [4.78, 5) is 22.9. The average molecular weight is 243 g/mol. The van der Waals surface area contributed by atoms with Crippen LogP contribution in [-0.2, 0) is 9.59 Å². The third-order valence-corrected chi connectivity index (χ3v) is 3.50. The standard InChI is InChI=1S/C12H21NO4/c1-7(2)10(6-14)13-11(15)8-4-3-5-9(8)12(16)17/h7-10,14H,3-6H2,1-2H3,(H,13,15)(H,16,17)/t8?,9?,10-/m1/s1. The number of aliphatic carboxylic acids is 1. The molecule has 3 N–H and O–H groups in total. The fourth-order valence-electron chi connectivity index (χ4n) is 2.28. The van der Waals surface area contributed by atoms with Crippen LogP contribution in [0.4, 0.5) is 0 Å². The quantitative estimate of drug-likeness (QED) is 0.660. The van der Waals surface area contributed by atoms with Gasteiger partial charge in [0.25, 0.3) is 0 Å². The van der Waals surface area contributed by atoms with Gasteiger partial charge in [-0.3, -0.25) is 9.59 Å². The van der Waals surface area contributed by atoms with E-state index in [1.165, 1.54) is 0 Å². The molecule has 0 aromatic carbocycles. The summed E-state index contributed by atoms with van der Waals surface area (Å²) >= 11 is 0. The lowest BCUT2D eigenvalue weighted by molar-refractivity contribution is -0.146. The minimum absolute atomic E-state index is 0.117. The molecule has 1 saturated carbocycles. The second kappa shape index (κ2) is 6.00. The van der Waals surface area contributed by atoms with Gasteiger partial charge in [-0.15, -0.1) is 0 Å². The first-order valence-electron chi connectivity index (χ1n) is 6.11. The maximum absolute atomic E-state index is 11.9. The van der Waals surface area contributed by atoms with Crippen LogP contribution in [0, 0.1) is 17.8 Å². The van der Waals surface area contributed by atoms with Crippen LogP contribution in [0.25, 0.3) is 0 Å². The fraction of sp³-hybridized carbons (Fsp3) is 0.833. The van der Waals surface area contributed by atoms with E-state index < -0.39 is 17.8 Å². The number of rotatable bonds is 5. The number of hydrogen-bond acceptors (Lipinski definition) is 3. The highest BCUT2D eigenvalue weighted by molar-refractivity contribution is 5.85. The Labute approximate surface area is 101 Å². The Kier molecular flexibility index (Phi) is 4.93. The molecule has 0 bridgehead atoms. The SMILES string of the molecule is CC(C)[C@@H](CO)NC(=O)C1CCCC1C(=O)O. The second-order valence-electron chi connectivity index (χ2n) is 5.02. The van der Waals surface area contributed by atoms with E-state index in [-0.39, 0.29) is 24.5 Å². The molecule has 1 aliphatic rings. The molecule has 0 aromatic heterocycles. The summed E-state index contributed by atoms with van der Waals surface area (Å²) in [5, 5.41) is 20.9. The summed E-state index contributed by atoms with van der Waals surface area (Å²) in [6, 6.07) is -0.294. The van der Waals surface area contributed by atoms with Crippen molar-refractivity contribution < 1.29 is 19.8 Å². The first-order chi connectivity index (χ1) is 7.97. The molecule has 0 radical (unpaired) electrons. The number of carbonyl (C=O) groups excluding carboxylic acids is 1. The molecule has 3 atom stereocenters. The summed E-state index contributed by atoms with van der Waals surface area (Å²) < 4.78 is 0. The molecule has 1 fully saturated rings. The molecule has 5 heteroatoms. The van der Waals surface area contributed by atoms with Gasteiger partial charge < -0.3 is 15.5 Å². The molecule has 0 spiro atoms. The van der Waals surface area contributed by atoms with E-state index in [0.29, 0.717) is 12.8 Å². The van der Waals surface area contributed by atoms with Gasteiger partial charge in [-0.2, -0.15) is 0 Å². The van der Waals surface area contributed by atoms with Crippen molar-refractivity contribution in [3.05, 3.63) is 0 Å². The van der Waals surface area contributed by atoms with Gasteiger partial charge in [0, 0.05) is 0 Å². The Morgan fingerprint density at radius 1 is 1.29 bits per heavy atom. The zero-order chi connectivity index (χ0) is 13.0. The Bertz CT molecular complexity index is 290. The van der Waals surface area contributed by atoms with Crippen LogP contribution in [0.1, 0.15) is 33.1 Å². The van der Waals surface area contributed by atoms with Crippen LogP contribution in [0.15, 0.2) is 0 Å². The van der Waals surface area contributed by atoms with Gasteiger partial charge in [0.15, 0.2) is 0 Å². The van der Waals surface area contributed by atoms with E-state index in [2.05, 4.69) is 5.32 Å². The molecule has 17 heavy (non-hydrogen) atoms. The van der Waals surface area contributed by atoms with Crippen molar-refractivity contribution in [2.75, 3.05) is 6.61 Å². The van der Waals surface area contributed by atoms with Crippen LogP contribution in [-0.4, -0.2) is 34.7 Å². The van der Waals surface area contributed by atoms with Crippen molar-refractivity contribution in [3.63, 3.8) is 0 Å². The molecular weight excluding hydrogens is 222 g/mol. The largest absolute Gasteiger partial charge is 0.481 e. The molecule has 5 nitrogen and oxygen atoms in total. The van der Waals surface area contributed by atoms with Crippen LogP contribution in [0.2, 0.25) is 0 Å². The van der Waals surface area contributed by atoms with Gasteiger partial charge >= 0.3 is 5.97 Å². The van der Waals surface area contributed by atoms with E-state index >= 15 is 0 Å². The van der Waals surface area contributed by atoms with E-state index in [0.717, 1.165) is 6.42 Å². The molecule has 2 unspecified atom stereocenters. The number of nitrogens with one attached hydrogen (secondary N) is 1. The molecule has 1 rings (SSSR count). The molecule has 0 heterocycles. The van der Waals surface area contributed by atoms with Crippen molar-refractivity contribution in [3.8, 4) is 0 Å². The zero-order valence-electron chi connectivity index (χ0n) is 10.3. The predicted molar refractivity (Wildman–Crippen MR) is 62.3 cm³/mol. The van der Waals surface area contributed by atoms with Gasteiger partial charge in [0.1, 0.15) is 0 Å². The highest BCUT2D eigenvalue weighted by Gasteiger charge is 2.38. The second-order valence-corrected chi connectivity index (χ2v) is 5.02. The van der Waals surface area contributed by atoms with E-state index in [9.17, 15) is 9.59 Å². The number of carboxylic acids is 1. The van der Waals surface area contributed by atoms with Crippen molar-refractivity contribution in [2.24, 2.45) is 17.8 Å². The predicted octanol–water partition coefficient (Wildman–Crippen LogP) is 0.620. The number of carbonyl (C=O) groups is 2. The van der Waals surface area contributed by atoms with E-state index in [1.807, 2.05) is 13.8 Å².